The van der Waals surface area contributed by atoms with Gasteiger partial charge in [0.25, 0.3) is 5.91 Å². The third-order valence-corrected chi connectivity index (χ3v) is 10.1. The van der Waals surface area contributed by atoms with Gasteiger partial charge < -0.3 is 29.7 Å². The van der Waals surface area contributed by atoms with Gasteiger partial charge in [-0.15, -0.1) is 13.2 Å². The number of nitrogens with zero attached hydrogens (tertiary/aromatic N) is 2. The van der Waals surface area contributed by atoms with E-state index in [9.17, 15) is 24.3 Å². The average molecular weight is 666 g/mol. The molecule has 7 atom stereocenters. The number of hydrogen-bond acceptors (Lipinski definition) is 7. The van der Waals surface area contributed by atoms with Crippen LogP contribution in [0.15, 0.2) is 98.1 Å². The summed E-state index contributed by atoms with van der Waals surface area (Å²) in [6.45, 7) is 8.94. The van der Waals surface area contributed by atoms with Gasteiger partial charge in [-0.3, -0.25) is 19.2 Å². The van der Waals surface area contributed by atoms with Crippen molar-refractivity contribution in [3.63, 3.8) is 0 Å². The number of carbonyl (C=O) groups excluding carboxylic acids is 4. The molecule has 2 N–H and O–H groups in total. The molecule has 3 aliphatic heterocycles. The molecule has 2 bridgehead atoms. The van der Waals surface area contributed by atoms with E-state index in [4.69, 9.17) is 9.47 Å². The topological polar surface area (TPSA) is 125 Å². The number of ether oxygens (including phenoxy) is 2. The Balaban J connectivity index is 1.32. The maximum atomic E-state index is 14.8. The van der Waals surface area contributed by atoms with Crippen LogP contribution in [-0.2, 0) is 28.7 Å². The molecule has 6 rings (SSSR count). The number of rotatable bonds is 14. The number of nitrogens with one attached hydrogen (secondary N) is 1. The molecule has 49 heavy (non-hydrogen) atoms. The molecule has 0 radical (unpaired) electrons. The molecule has 3 aliphatic rings. The van der Waals surface area contributed by atoms with Gasteiger partial charge in [0.2, 0.25) is 11.8 Å². The van der Waals surface area contributed by atoms with Crippen LogP contribution in [-0.4, -0.2) is 77.2 Å². The Morgan fingerprint density at radius 2 is 1.82 bits per heavy atom. The molecule has 0 unspecified atom stereocenters. The molecule has 3 fully saturated rings. The summed E-state index contributed by atoms with van der Waals surface area (Å²) in [5, 5.41) is 15.3. The second-order valence-electron chi connectivity index (χ2n) is 13.1. The third-order valence-electron chi connectivity index (χ3n) is 10.1. The molecule has 3 aromatic carbocycles. The van der Waals surface area contributed by atoms with Gasteiger partial charge in [-0.05, 0) is 54.7 Å². The van der Waals surface area contributed by atoms with Crippen LogP contribution in [0, 0.1) is 11.8 Å². The summed E-state index contributed by atoms with van der Waals surface area (Å²) < 4.78 is 12.2. The molecule has 0 aliphatic carbocycles. The Hall–Kier alpha value is -4.80. The summed E-state index contributed by atoms with van der Waals surface area (Å²) in [5.74, 6) is -3.41. The van der Waals surface area contributed by atoms with Crippen LogP contribution in [0.1, 0.15) is 44.2 Å². The zero-order valence-corrected chi connectivity index (χ0v) is 27.7. The molecular formula is C39H43N3O7. The van der Waals surface area contributed by atoms with E-state index in [1.807, 2.05) is 72.8 Å². The van der Waals surface area contributed by atoms with Crippen molar-refractivity contribution >= 4 is 40.2 Å². The highest BCUT2D eigenvalue weighted by Crippen LogP contribution is 2.59. The zero-order chi connectivity index (χ0) is 34.7. The molecule has 3 aromatic rings. The monoisotopic (exact) mass is 665 g/mol. The van der Waals surface area contributed by atoms with Gasteiger partial charge >= 0.3 is 5.97 Å². The third kappa shape index (κ3) is 6.26. The van der Waals surface area contributed by atoms with Crippen LogP contribution in [0.2, 0.25) is 0 Å². The van der Waals surface area contributed by atoms with Gasteiger partial charge in [0.1, 0.15) is 18.2 Å². The van der Waals surface area contributed by atoms with E-state index in [0.717, 1.165) is 16.3 Å². The predicted octanol–water partition coefficient (Wildman–Crippen LogP) is 4.48. The lowest BCUT2D eigenvalue weighted by molar-refractivity contribution is -0.146. The van der Waals surface area contributed by atoms with E-state index in [1.165, 1.54) is 4.90 Å². The molecule has 0 aromatic heterocycles. The highest BCUT2D eigenvalue weighted by Gasteiger charge is 2.75. The van der Waals surface area contributed by atoms with Crippen molar-refractivity contribution in [1.29, 1.82) is 0 Å². The average Bonchev–Trinajstić information content (AvgIpc) is 3.78. The number of aliphatic hydroxyl groups is 1. The summed E-state index contributed by atoms with van der Waals surface area (Å²) in [4.78, 5) is 58.9. The summed E-state index contributed by atoms with van der Waals surface area (Å²) in [7, 11) is 0. The lowest BCUT2D eigenvalue weighted by Gasteiger charge is -2.38. The molecule has 0 saturated carbocycles. The van der Waals surface area contributed by atoms with E-state index < -0.39 is 59.5 Å². The summed E-state index contributed by atoms with van der Waals surface area (Å²) in [6, 6.07) is 20.3. The summed E-state index contributed by atoms with van der Waals surface area (Å²) in [6.07, 6.45) is 4.22. The lowest BCUT2D eigenvalue weighted by Crippen LogP contribution is -2.58. The van der Waals surface area contributed by atoms with Crippen LogP contribution in [0.5, 0.6) is 0 Å². The van der Waals surface area contributed by atoms with Crippen molar-refractivity contribution in [2.45, 2.75) is 62.4 Å². The Kier molecular flexibility index (Phi) is 9.99. The van der Waals surface area contributed by atoms with Crippen LogP contribution >= 0.6 is 0 Å². The van der Waals surface area contributed by atoms with Gasteiger partial charge in [-0.1, -0.05) is 72.8 Å². The number of carbonyl (C=O) groups is 4. The molecule has 10 nitrogen and oxygen atoms in total. The van der Waals surface area contributed by atoms with Crippen LogP contribution in [0.4, 0.5) is 5.69 Å². The van der Waals surface area contributed by atoms with Crippen LogP contribution in [0.25, 0.3) is 10.8 Å². The van der Waals surface area contributed by atoms with Crippen LogP contribution < -0.4 is 10.2 Å². The number of hydrogen-bond donors (Lipinski definition) is 2. The Bertz CT molecular complexity index is 1740. The minimum Gasteiger partial charge on any atom is -0.463 e. The van der Waals surface area contributed by atoms with Crippen LogP contribution in [0.3, 0.4) is 0 Å². The fraction of sp³-hybridized carbons (Fsp3) is 0.385. The number of amides is 3. The molecule has 3 amide bonds. The highest BCUT2D eigenvalue weighted by atomic mass is 16.5. The normalized spacial score (nSPS) is 25.0. The first-order valence-corrected chi connectivity index (χ1v) is 16.9. The molecule has 3 heterocycles. The quantitative estimate of drug-likeness (QED) is 0.192. The zero-order valence-electron chi connectivity index (χ0n) is 27.7. The molecule has 1 spiro atoms. The standard InChI is InChI=1S/C39H43N3O7/c1-4-6-16-32(44)48-24-30(27-13-8-7-9-14-27)40-36(45)33-31-19-20-39(49-31)34(33)37(46)42(25(3)23-43)35(39)38(47)41(21-5-2)29-18-17-26-12-10-11-15-28(26)22-29/h4-5,7-15,17-18,22,25,30-31,33-35,43H,1-2,6,16,19-21,23-24H2,3H3,(H,40,45)/t25-,30-,31-,33+,34+,35-,39+/m1/s1. The number of allylic oxidation sites excluding steroid dienone is 1. The summed E-state index contributed by atoms with van der Waals surface area (Å²) >= 11 is 0. The van der Waals surface area contributed by atoms with Crippen molar-refractivity contribution in [2.24, 2.45) is 11.8 Å². The molecule has 256 valence electrons. The lowest BCUT2D eigenvalue weighted by atomic mass is 9.70. The Morgan fingerprint density at radius 3 is 2.53 bits per heavy atom. The number of esters is 1. The van der Waals surface area contributed by atoms with Crippen molar-refractivity contribution in [3.8, 4) is 0 Å². The Labute approximate surface area is 286 Å². The predicted molar refractivity (Wildman–Crippen MR) is 185 cm³/mol. The molecule has 10 heteroatoms. The fourth-order valence-electron chi connectivity index (χ4n) is 7.82. The van der Waals surface area contributed by atoms with E-state index in [1.54, 1.807) is 24.0 Å². The minimum atomic E-state index is -1.26. The van der Waals surface area contributed by atoms with E-state index >= 15 is 0 Å². The SMILES string of the molecule is C=CCCC(=O)OC[C@@H](NC(=O)[C@@H]1[C@H]2C(=O)N([C@H](C)CO)[C@H](C(=O)N(CC=C)c3ccc4ccccc4c3)[C@]23CC[C@H]1O3)c1ccccc1. The van der Waals surface area contributed by atoms with Crippen molar-refractivity contribution in [3.05, 3.63) is 104 Å². The van der Waals surface area contributed by atoms with E-state index in [2.05, 4.69) is 18.5 Å². The maximum Gasteiger partial charge on any atom is 0.306 e. The molecule has 3 saturated heterocycles. The van der Waals surface area contributed by atoms with Crippen molar-refractivity contribution < 1.29 is 33.8 Å². The number of fused-ring (bicyclic) bond motifs is 2. The largest absolute Gasteiger partial charge is 0.463 e. The van der Waals surface area contributed by atoms with Gasteiger partial charge in [0.05, 0.1) is 36.6 Å². The minimum absolute atomic E-state index is 0.0925. The second kappa shape index (κ2) is 14.4. The van der Waals surface area contributed by atoms with E-state index in [-0.39, 0.29) is 32.1 Å². The first-order chi connectivity index (χ1) is 23.7. The molecular weight excluding hydrogens is 622 g/mol. The Morgan fingerprint density at radius 1 is 1.08 bits per heavy atom. The number of anilines is 1. The maximum absolute atomic E-state index is 14.8. The smallest absolute Gasteiger partial charge is 0.306 e. The van der Waals surface area contributed by atoms with Gasteiger partial charge in [-0.25, -0.2) is 0 Å². The first kappa shape index (κ1) is 34.1. The number of aliphatic hydroxyl groups excluding tert-OH is 1. The summed E-state index contributed by atoms with van der Waals surface area (Å²) in [5.41, 5.74) is 0.116. The van der Waals surface area contributed by atoms with Crippen molar-refractivity contribution in [1.82, 2.24) is 10.2 Å². The van der Waals surface area contributed by atoms with Gasteiger partial charge in [0, 0.05) is 18.7 Å². The second-order valence-corrected chi connectivity index (χ2v) is 13.1. The fourth-order valence-corrected chi connectivity index (χ4v) is 7.82. The number of benzene rings is 3. The van der Waals surface area contributed by atoms with Gasteiger partial charge in [-0.2, -0.15) is 0 Å². The van der Waals surface area contributed by atoms with Gasteiger partial charge in [0.15, 0.2) is 0 Å². The van der Waals surface area contributed by atoms with E-state index in [0.29, 0.717) is 24.9 Å². The first-order valence-electron chi connectivity index (χ1n) is 16.9. The number of likely N-dealkylation sites (tertiary alicyclic amines) is 1. The van der Waals surface area contributed by atoms with Crippen molar-refractivity contribution in [2.75, 3.05) is 24.7 Å². The highest BCUT2D eigenvalue weighted by molar-refractivity contribution is 6.06.